The van der Waals surface area contributed by atoms with E-state index in [1.165, 1.54) is 0 Å². The lowest BCUT2D eigenvalue weighted by atomic mass is 10.0. The van der Waals surface area contributed by atoms with Crippen molar-refractivity contribution in [3.05, 3.63) is 12.2 Å². The zero-order valence-corrected chi connectivity index (χ0v) is 8.73. The smallest absolute Gasteiger partial charge is 0.225 e. The SMILES string of the molecule is Cn1cnnc1CCNC(=O)C1CNC1. The first-order valence-electron chi connectivity index (χ1n) is 5.08. The molecule has 0 aromatic carbocycles. The third-order valence-electron chi connectivity index (χ3n) is 2.61. The van der Waals surface area contributed by atoms with Crippen molar-refractivity contribution in [3.63, 3.8) is 0 Å². The molecule has 0 bridgehead atoms. The molecule has 1 aliphatic heterocycles. The zero-order valence-electron chi connectivity index (χ0n) is 8.73. The molecule has 1 fully saturated rings. The fraction of sp³-hybridized carbons (Fsp3) is 0.667. The fourth-order valence-electron chi connectivity index (χ4n) is 1.45. The van der Waals surface area contributed by atoms with E-state index in [-0.39, 0.29) is 11.8 Å². The van der Waals surface area contributed by atoms with Crippen LogP contribution in [0.1, 0.15) is 5.82 Å². The van der Waals surface area contributed by atoms with Crippen molar-refractivity contribution in [1.82, 2.24) is 25.4 Å². The van der Waals surface area contributed by atoms with E-state index < -0.39 is 0 Å². The Labute approximate surface area is 88.1 Å². The maximum atomic E-state index is 11.4. The van der Waals surface area contributed by atoms with E-state index in [1.807, 2.05) is 11.6 Å². The number of aryl methyl sites for hydroxylation is 1. The fourth-order valence-corrected chi connectivity index (χ4v) is 1.45. The maximum absolute atomic E-state index is 11.4. The van der Waals surface area contributed by atoms with Gasteiger partial charge in [0.2, 0.25) is 5.91 Å². The minimum absolute atomic E-state index is 0.135. The van der Waals surface area contributed by atoms with E-state index in [9.17, 15) is 4.79 Å². The van der Waals surface area contributed by atoms with Gasteiger partial charge in [-0.05, 0) is 0 Å². The second-order valence-electron chi connectivity index (χ2n) is 3.75. The minimum Gasteiger partial charge on any atom is -0.355 e. The quantitative estimate of drug-likeness (QED) is 0.646. The average Bonchev–Trinajstić information content (AvgIpc) is 2.49. The predicted molar refractivity (Wildman–Crippen MR) is 54.1 cm³/mol. The van der Waals surface area contributed by atoms with Gasteiger partial charge in [-0.25, -0.2) is 0 Å². The summed E-state index contributed by atoms with van der Waals surface area (Å²) >= 11 is 0. The van der Waals surface area contributed by atoms with Crippen LogP contribution in [0.15, 0.2) is 6.33 Å². The number of nitrogens with one attached hydrogen (secondary N) is 2. The Morgan fingerprint density at radius 3 is 3.07 bits per heavy atom. The average molecular weight is 209 g/mol. The van der Waals surface area contributed by atoms with Crippen molar-refractivity contribution in [2.45, 2.75) is 6.42 Å². The Balaban J connectivity index is 1.70. The van der Waals surface area contributed by atoms with E-state index >= 15 is 0 Å². The summed E-state index contributed by atoms with van der Waals surface area (Å²) in [4.78, 5) is 11.4. The van der Waals surface area contributed by atoms with Crippen LogP contribution in [0.25, 0.3) is 0 Å². The van der Waals surface area contributed by atoms with E-state index in [0.717, 1.165) is 25.3 Å². The summed E-state index contributed by atoms with van der Waals surface area (Å²) in [5, 5.41) is 13.7. The van der Waals surface area contributed by atoms with Crippen LogP contribution in [-0.4, -0.2) is 40.3 Å². The summed E-state index contributed by atoms with van der Waals surface area (Å²) in [6.07, 6.45) is 2.38. The monoisotopic (exact) mass is 209 g/mol. The van der Waals surface area contributed by atoms with Crippen LogP contribution in [0.2, 0.25) is 0 Å². The van der Waals surface area contributed by atoms with Gasteiger partial charge in [0.05, 0.1) is 5.92 Å². The number of nitrogens with zero attached hydrogens (tertiary/aromatic N) is 3. The van der Waals surface area contributed by atoms with Crippen LogP contribution >= 0.6 is 0 Å². The Kier molecular flexibility index (Phi) is 2.96. The van der Waals surface area contributed by atoms with Crippen molar-refractivity contribution < 1.29 is 4.79 Å². The molecule has 2 heterocycles. The molecule has 0 atom stereocenters. The molecule has 0 saturated carbocycles. The van der Waals surface area contributed by atoms with Gasteiger partial charge in [0, 0.05) is 33.1 Å². The second kappa shape index (κ2) is 4.39. The highest BCUT2D eigenvalue weighted by molar-refractivity contribution is 5.79. The summed E-state index contributed by atoms with van der Waals surface area (Å²) in [6.45, 7) is 2.23. The third kappa shape index (κ3) is 2.33. The third-order valence-corrected chi connectivity index (χ3v) is 2.61. The molecule has 1 saturated heterocycles. The van der Waals surface area contributed by atoms with Gasteiger partial charge in [0.15, 0.2) is 0 Å². The Morgan fingerprint density at radius 2 is 2.53 bits per heavy atom. The van der Waals surface area contributed by atoms with Crippen LogP contribution in [0.3, 0.4) is 0 Å². The maximum Gasteiger partial charge on any atom is 0.225 e. The zero-order chi connectivity index (χ0) is 10.7. The summed E-state index contributed by atoms with van der Waals surface area (Å²) in [7, 11) is 1.90. The number of amides is 1. The number of aromatic nitrogens is 3. The van der Waals surface area contributed by atoms with Crippen LogP contribution in [0, 0.1) is 5.92 Å². The summed E-state index contributed by atoms with van der Waals surface area (Å²) in [5.41, 5.74) is 0. The Morgan fingerprint density at radius 1 is 1.73 bits per heavy atom. The standard InChI is InChI=1S/C9H15N5O/c1-14-6-12-13-8(14)2-3-11-9(15)7-4-10-5-7/h6-7,10H,2-5H2,1H3,(H,11,15). The molecule has 0 radical (unpaired) electrons. The molecule has 0 aliphatic carbocycles. The molecule has 0 spiro atoms. The van der Waals surface area contributed by atoms with E-state index in [1.54, 1.807) is 6.33 Å². The highest BCUT2D eigenvalue weighted by atomic mass is 16.2. The largest absolute Gasteiger partial charge is 0.355 e. The van der Waals surface area contributed by atoms with Crippen LogP contribution in [-0.2, 0) is 18.3 Å². The van der Waals surface area contributed by atoms with Crippen LogP contribution in [0.5, 0.6) is 0 Å². The van der Waals surface area contributed by atoms with Gasteiger partial charge in [-0.3, -0.25) is 4.79 Å². The van der Waals surface area contributed by atoms with E-state index in [0.29, 0.717) is 6.54 Å². The van der Waals surface area contributed by atoms with Gasteiger partial charge in [0.1, 0.15) is 12.2 Å². The van der Waals surface area contributed by atoms with Gasteiger partial charge in [-0.15, -0.1) is 10.2 Å². The van der Waals surface area contributed by atoms with Gasteiger partial charge < -0.3 is 15.2 Å². The van der Waals surface area contributed by atoms with Gasteiger partial charge in [-0.2, -0.15) is 0 Å². The molecule has 6 heteroatoms. The van der Waals surface area contributed by atoms with Crippen molar-refractivity contribution in [2.75, 3.05) is 19.6 Å². The Hall–Kier alpha value is -1.43. The first kappa shape index (κ1) is 10.1. The lowest BCUT2D eigenvalue weighted by Gasteiger charge is -2.25. The van der Waals surface area contributed by atoms with E-state index in [4.69, 9.17) is 0 Å². The molecule has 2 rings (SSSR count). The van der Waals surface area contributed by atoms with Gasteiger partial charge in [-0.1, -0.05) is 0 Å². The molecule has 15 heavy (non-hydrogen) atoms. The molecule has 82 valence electrons. The number of rotatable bonds is 4. The van der Waals surface area contributed by atoms with Crippen molar-refractivity contribution >= 4 is 5.91 Å². The number of carbonyl (C=O) groups excluding carboxylic acids is 1. The highest BCUT2D eigenvalue weighted by Gasteiger charge is 2.24. The van der Waals surface area contributed by atoms with Crippen LogP contribution in [0.4, 0.5) is 0 Å². The van der Waals surface area contributed by atoms with Crippen molar-refractivity contribution in [2.24, 2.45) is 13.0 Å². The molecule has 1 aromatic heterocycles. The summed E-state index contributed by atoms with van der Waals surface area (Å²) in [5.74, 6) is 1.18. The highest BCUT2D eigenvalue weighted by Crippen LogP contribution is 2.01. The van der Waals surface area contributed by atoms with Gasteiger partial charge >= 0.3 is 0 Å². The number of hydrogen-bond donors (Lipinski definition) is 2. The molecule has 6 nitrogen and oxygen atoms in total. The lowest BCUT2D eigenvalue weighted by Crippen LogP contribution is -2.51. The molecule has 2 N–H and O–H groups in total. The van der Waals surface area contributed by atoms with Gasteiger partial charge in [0.25, 0.3) is 0 Å². The topological polar surface area (TPSA) is 71.8 Å². The molecular weight excluding hydrogens is 194 g/mol. The normalized spacial score (nSPS) is 16.1. The Bertz CT molecular complexity index is 344. The second-order valence-corrected chi connectivity index (χ2v) is 3.75. The summed E-state index contributed by atoms with van der Waals surface area (Å²) in [6, 6.07) is 0. The first-order chi connectivity index (χ1) is 7.27. The predicted octanol–water partition coefficient (Wildman–Crippen LogP) is -1.31. The molecule has 1 aromatic rings. The molecular formula is C9H15N5O. The molecule has 0 unspecified atom stereocenters. The first-order valence-corrected chi connectivity index (χ1v) is 5.08. The van der Waals surface area contributed by atoms with Crippen molar-refractivity contribution in [3.8, 4) is 0 Å². The number of hydrogen-bond acceptors (Lipinski definition) is 4. The van der Waals surface area contributed by atoms with Crippen LogP contribution < -0.4 is 10.6 Å². The lowest BCUT2D eigenvalue weighted by molar-refractivity contribution is -0.126. The molecule has 1 amide bonds. The number of carbonyl (C=O) groups is 1. The van der Waals surface area contributed by atoms with E-state index in [2.05, 4.69) is 20.8 Å². The molecule has 1 aliphatic rings. The minimum atomic E-state index is 0.135. The van der Waals surface area contributed by atoms with Crippen molar-refractivity contribution in [1.29, 1.82) is 0 Å². The summed E-state index contributed by atoms with van der Waals surface area (Å²) < 4.78 is 1.86.